The first kappa shape index (κ1) is 14.3. The number of benzene rings is 2. The number of sulfone groups is 1. The second-order valence-electron chi connectivity index (χ2n) is 4.16. The molecule has 0 spiro atoms. The van der Waals surface area contributed by atoms with Crippen molar-refractivity contribution in [3.63, 3.8) is 0 Å². The summed E-state index contributed by atoms with van der Waals surface area (Å²) < 4.78 is 25.6. The summed E-state index contributed by atoms with van der Waals surface area (Å²) >= 11 is 2.19. The quantitative estimate of drug-likeness (QED) is 0.750. The van der Waals surface area contributed by atoms with E-state index in [1.807, 2.05) is 24.3 Å². The summed E-state index contributed by atoms with van der Waals surface area (Å²) in [7, 11) is -3.29. The Morgan fingerprint density at radius 3 is 2.11 bits per heavy atom. The van der Waals surface area contributed by atoms with E-state index >= 15 is 0 Å². The molecule has 0 aliphatic heterocycles. The smallest absolute Gasteiger partial charge is 0.182 e. The Bertz CT molecular complexity index is 671. The average molecular weight is 384 g/mol. The SMILES string of the molecule is C=Cc1ccc(S(=O)(=O)Cc2ccc(I)cc2)cc1. The molecule has 0 saturated carbocycles. The van der Waals surface area contributed by atoms with Gasteiger partial charge in [-0.3, -0.25) is 0 Å². The lowest BCUT2D eigenvalue weighted by Crippen LogP contribution is -2.04. The molecule has 2 rings (SSSR count). The fourth-order valence-electron chi connectivity index (χ4n) is 1.69. The molecule has 98 valence electrons. The van der Waals surface area contributed by atoms with Crippen LogP contribution in [0.2, 0.25) is 0 Å². The first-order valence-electron chi connectivity index (χ1n) is 5.71. The van der Waals surface area contributed by atoms with Crippen molar-refractivity contribution in [1.29, 1.82) is 0 Å². The van der Waals surface area contributed by atoms with Gasteiger partial charge in [0.15, 0.2) is 9.84 Å². The minimum absolute atomic E-state index is 0.0252. The van der Waals surface area contributed by atoms with Gasteiger partial charge in [0.1, 0.15) is 0 Å². The van der Waals surface area contributed by atoms with Crippen LogP contribution in [-0.4, -0.2) is 8.42 Å². The lowest BCUT2D eigenvalue weighted by molar-refractivity contribution is 0.595. The van der Waals surface area contributed by atoms with E-state index in [0.29, 0.717) is 4.90 Å². The van der Waals surface area contributed by atoms with Gasteiger partial charge in [-0.15, -0.1) is 0 Å². The maximum atomic E-state index is 12.3. The molecular weight excluding hydrogens is 371 g/mol. The maximum Gasteiger partial charge on any atom is 0.182 e. The van der Waals surface area contributed by atoms with Crippen LogP contribution in [0, 0.1) is 3.57 Å². The highest BCUT2D eigenvalue weighted by Gasteiger charge is 2.14. The zero-order valence-corrected chi connectivity index (χ0v) is 13.2. The fourth-order valence-corrected chi connectivity index (χ4v) is 3.40. The molecule has 0 saturated heterocycles. The van der Waals surface area contributed by atoms with E-state index in [-0.39, 0.29) is 5.75 Å². The molecule has 0 atom stereocenters. The standard InChI is InChI=1S/C15H13IO2S/c1-2-12-5-9-15(10-6-12)19(17,18)11-13-3-7-14(16)8-4-13/h2-10H,1,11H2. The van der Waals surface area contributed by atoms with Crippen molar-refractivity contribution in [2.75, 3.05) is 0 Å². The van der Waals surface area contributed by atoms with Gasteiger partial charge in [0.2, 0.25) is 0 Å². The summed E-state index contributed by atoms with van der Waals surface area (Å²) in [6.45, 7) is 3.65. The summed E-state index contributed by atoms with van der Waals surface area (Å²) in [6, 6.07) is 14.3. The molecule has 2 nitrogen and oxygen atoms in total. The molecular formula is C15H13IO2S. The first-order valence-corrected chi connectivity index (χ1v) is 8.44. The van der Waals surface area contributed by atoms with E-state index in [2.05, 4.69) is 29.2 Å². The molecule has 0 aromatic heterocycles. The molecule has 2 aromatic rings. The number of rotatable bonds is 4. The largest absolute Gasteiger partial charge is 0.223 e. The average Bonchev–Trinajstić information content (AvgIpc) is 2.41. The van der Waals surface area contributed by atoms with E-state index in [1.165, 1.54) is 0 Å². The zero-order valence-electron chi connectivity index (χ0n) is 10.2. The van der Waals surface area contributed by atoms with Gasteiger partial charge in [-0.25, -0.2) is 8.42 Å². The zero-order chi connectivity index (χ0) is 13.9. The van der Waals surface area contributed by atoms with Crippen LogP contribution in [0.25, 0.3) is 6.08 Å². The molecule has 0 heterocycles. The molecule has 0 radical (unpaired) electrons. The second-order valence-corrected chi connectivity index (χ2v) is 7.39. The van der Waals surface area contributed by atoms with Gasteiger partial charge in [-0.05, 0) is 58.0 Å². The van der Waals surface area contributed by atoms with Crippen molar-refractivity contribution in [1.82, 2.24) is 0 Å². The van der Waals surface area contributed by atoms with Crippen molar-refractivity contribution in [3.05, 3.63) is 69.8 Å². The van der Waals surface area contributed by atoms with E-state index < -0.39 is 9.84 Å². The van der Waals surface area contributed by atoms with Crippen molar-refractivity contribution in [2.24, 2.45) is 0 Å². The molecule has 2 aromatic carbocycles. The first-order chi connectivity index (χ1) is 9.01. The van der Waals surface area contributed by atoms with Crippen LogP contribution < -0.4 is 0 Å². The molecule has 19 heavy (non-hydrogen) atoms. The van der Waals surface area contributed by atoms with Gasteiger partial charge >= 0.3 is 0 Å². The van der Waals surface area contributed by atoms with Gasteiger partial charge in [0.05, 0.1) is 10.6 Å². The Labute approximate surface area is 127 Å². The third-order valence-electron chi connectivity index (χ3n) is 2.74. The summed E-state index contributed by atoms with van der Waals surface area (Å²) in [5, 5.41) is 0. The van der Waals surface area contributed by atoms with E-state index in [0.717, 1.165) is 14.7 Å². The van der Waals surface area contributed by atoms with Crippen LogP contribution in [-0.2, 0) is 15.6 Å². The Morgan fingerprint density at radius 1 is 1.00 bits per heavy atom. The highest BCUT2D eigenvalue weighted by molar-refractivity contribution is 14.1. The molecule has 0 aliphatic carbocycles. The second kappa shape index (κ2) is 5.88. The monoisotopic (exact) mass is 384 g/mol. The van der Waals surface area contributed by atoms with E-state index in [1.54, 1.807) is 30.3 Å². The predicted molar refractivity (Wildman–Crippen MR) is 86.6 cm³/mol. The lowest BCUT2D eigenvalue weighted by atomic mass is 10.2. The van der Waals surface area contributed by atoms with Crippen molar-refractivity contribution in [3.8, 4) is 0 Å². The van der Waals surface area contributed by atoms with Crippen molar-refractivity contribution < 1.29 is 8.42 Å². The summed E-state index contributed by atoms with van der Waals surface area (Å²) in [5.74, 6) is 0.0252. The molecule has 0 fully saturated rings. The van der Waals surface area contributed by atoms with Crippen molar-refractivity contribution in [2.45, 2.75) is 10.6 Å². The summed E-state index contributed by atoms with van der Waals surface area (Å²) in [4.78, 5) is 0.344. The maximum absolute atomic E-state index is 12.3. The van der Waals surface area contributed by atoms with Crippen LogP contribution in [0.5, 0.6) is 0 Å². The van der Waals surface area contributed by atoms with Gasteiger partial charge in [-0.2, -0.15) is 0 Å². The highest BCUT2D eigenvalue weighted by atomic mass is 127. The fraction of sp³-hybridized carbons (Fsp3) is 0.0667. The molecule has 0 bridgehead atoms. The summed E-state index contributed by atoms with van der Waals surface area (Å²) in [5.41, 5.74) is 1.71. The molecule has 0 N–H and O–H groups in total. The third kappa shape index (κ3) is 3.67. The topological polar surface area (TPSA) is 34.1 Å². The minimum atomic E-state index is -3.29. The number of hydrogen-bond acceptors (Lipinski definition) is 2. The Morgan fingerprint density at radius 2 is 1.58 bits per heavy atom. The molecule has 0 aliphatic rings. The van der Waals surface area contributed by atoms with E-state index in [4.69, 9.17) is 0 Å². The molecule has 0 unspecified atom stereocenters. The Kier molecular flexibility index (Phi) is 4.42. The van der Waals surface area contributed by atoms with Crippen LogP contribution in [0.3, 0.4) is 0 Å². The predicted octanol–water partition coefficient (Wildman–Crippen LogP) is 3.91. The number of hydrogen-bond donors (Lipinski definition) is 0. The highest BCUT2D eigenvalue weighted by Crippen LogP contribution is 2.18. The molecule has 4 heteroatoms. The van der Waals surface area contributed by atoms with Gasteiger partial charge in [-0.1, -0.05) is 36.9 Å². The van der Waals surface area contributed by atoms with Gasteiger partial charge in [0.25, 0.3) is 0 Å². The lowest BCUT2D eigenvalue weighted by Gasteiger charge is -2.05. The number of halogens is 1. The van der Waals surface area contributed by atoms with Gasteiger partial charge < -0.3 is 0 Å². The Balaban J connectivity index is 2.26. The third-order valence-corrected chi connectivity index (χ3v) is 5.17. The Hall–Kier alpha value is -1.14. The van der Waals surface area contributed by atoms with Crippen LogP contribution in [0.15, 0.2) is 60.0 Å². The molecule has 0 amide bonds. The minimum Gasteiger partial charge on any atom is -0.223 e. The normalized spacial score (nSPS) is 11.2. The van der Waals surface area contributed by atoms with Crippen LogP contribution >= 0.6 is 22.6 Å². The summed E-state index contributed by atoms with van der Waals surface area (Å²) in [6.07, 6.45) is 1.69. The van der Waals surface area contributed by atoms with E-state index in [9.17, 15) is 8.42 Å². The van der Waals surface area contributed by atoms with Crippen LogP contribution in [0.1, 0.15) is 11.1 Å². The van der Waals surface area contributed by atoms with Crippen molar-refractivity contribution >= 4 is 38.5 Å². The van der Waals surface area contributed by atoms with Gasteiger partial charge in [0, 0.05) is 3.57 Å². The van der Waals surface area contributed by atoms with Crippen LogP contribution in [0.4, 0.5) is 0 Å².